The molecular formula is C21H28N4O3. The lowest BCUT2D eigenvalue weighted by atomic mass is 10.2. The fourth-order valence-electron chi connectivity index (χ4n) is 3.59. The molecule has 1 aromatic carbocycles. The van der Waals surface area contributed by atoms with Crippen LogP contribution in [0.15, 0.2) is 34.7 Å². The van der Waals surface area contributed by atoms with E-state index in [0.717, 1.165) is 55.8 Å². The SMILES string of the molecule is CC(NC(=O)CN1CCN(CC(=O)NC2CC2)CC1)c1cc2ccccc2o1. The maximum absolute atomic E-state index is 12.4. The number of hydrogen-bond donors (Lipinski definition) is 2. The van der Waals surface area contributed by atoms with Crippen molar-refractivity contribution in [2.45, 2.75) is 31.8 Å². The lowest BCUT2D eigenvalue weighted by Crippen LogP contribution is -2.51. The van der Waals surface area contributed by atoms with Crippen LogP contribution in [-0.4, -0.2) is 66.9 Å². The van der Waals surface area contributed by atoms with E-state index in [9.17, 15) is 9.59 Å². The van der Waals surface area contributed by atoms with Gasteiger partial charge in [0, 0.05) is 37.6 Å². The Morgan fingerprint density at radius 2 is 1.71 bits per heavy atom. The van der Waals surface area contributed by atoms with Crippen LogP contribution in [0.3, 0.4) is 0 Å². The molecule has 1 saturated heterocycles. The van der Waals surface area contributed by atoms with Gasteiger partial charge in [-0.25, -0.2) is 0 Å². The molecule has 0 bridgehead atoms. The molecule has 7 nitrogen and oxygen atoms in total. The second-order valence-electron chi connectivity index (χ2n) is 7.87. The normalized spacial score (nSPS) is 19.5. The Kier molecular flexibility index (Phi) is 5.64. The van der Waals surface area contributed by atoms with Gasteiger partial charge in [0.15, 0.2) is 0 Å². The largest absolute Gasteiger partial charge is 0.459 e. The molecule has 28 heavy (non-hydrogen) atoms. The highest BCUT2D eigenvalue weighted by Crippen LogP contribution is 2.23. The van der Waals surface area contributed by atoms with Gasteiger partial charge in [-0.1, -0.05) is 18.2 Å². The molecule has 0 spiro atoms. The average molecular weight is 384 g/mol. The average Bonchev–Trinajstić information content (AvgIpc) is 3.37. The summed E-state index contributed by atoms with van der Waals surface area (Å²) in [5, 5.41) is 7.09. The van der Waals surface area contributed by atoms with Gasteiger partial charge in [-0.3, -0.25) is 19.4 Å². The lowest BCUT2D eigenvalue weighted by molar-refractivity contribution is -0.125. The van der Waals surface area contributed by atoms with E-state index in [0.29, 0.717) is 19.1 Å². The molecular weight excluding hydrogens is 356 g/mol. The molecule has 1 atom stereocenters. The van der Waals surface area contributed by atoms with E-state index in [2.05, 4.69) is 20.4 Å². The number of para-hydroxylation sites is 1. The predicted octanol–water partition coefficient (Wildman–Crippen LogP) is 1.51. The molecule has 1 saturated carbocycles. The van der Waals surface area contributed by atoms with Gasteiger partial charge in [-0.15, -0.1) is 0 Å². The van der Waals surface area contributed by atoms with Gasteiger partial charge in [0.1, 0.15) is 11.3 Å². The summed E-state index contributed by atoms with van der Waals surface area (Å²) in [7, 11) is 0. The highest BCUT2D eigenvalue weighted by molar-refractivity contribution is 5.80. The minimum atomic E-state index is -0.174. The predicted molar refractivity (Wildman–Crippen MR) is 107 cm³/mol. The van der Waals surface area contributed by atoms with Crippen LogP contribution in [0.1, 0.15) is 31.6 Å². The summed E-state index contributed by atoms with van der Waals surface area (Å²) < 4.78 is 5.83. The smallest absolute Gasteiger partial charge is 0.234 e. The summed E-state index contributed by atoms with van der Waals surface area (Å²) in [6.07, 6.45) is 2.22. The van der Waals surface area contributed by atoms with Crippen LogP contribution < -0.4 is 10.6 Å². The van der Waals surface area contributed by atoms with Crippen LogP contribution >= 0.6 is 0 Å². The number of carbonyl (C=O) groups is 2. The van der Waals surface area contributed by atoms with E-state index in [1.165, 1.54) is 0 Å². The monoisotopic (exact) mass is 384 g/mol. The second-order valence-corrected chi connectivity index (χ2v) is 7.87. The van der Waals surface area contributed by atoms with E-state index in [1.807, 2.05) is 37.3 Å². The molecule has 2 aromatic rings. The molecule has 150 valence electrons. The summed E-state index contributed by atoms with van der Waals surface area (Å²) in [5.41, 5.74) is 0.834. The van der Waals surface area contributed by atoms with Crippen molar-refractivity contribution in [3.05, 3.63) is 36.1 Å². The van der Waals surface area contributed by atoms with Crippen molar-refractivity contribution in [1.29, 1.82) is 0 Å². The number of rotatable bonds is 7. The van der Waals surface area contributed by atoms with Gasteiger partial charge >= 0.3 is 0 Å². The number of fused-ring (bicyclic) bond motifs is 1. The summed E-state index contributed by atoms with van der Waals surface area (Å²) in [6, 6.07) is 10.1. The first-order valence-corrected chi connectivity index (χ1v) is 10.1. The zero-order valence-corrected chi connectivity index (χ0v) is 16.3. The number of piperazine rings is 1. The van der Waals surface area contributed by atoms with Crippen molar-refractivity contribution >= 4 is 22.8 Å². The van der Waals surface area contributed by atoms with Gasteiger partial charge in [-0.2, -0.15) is 0 Å². The highest BCUT2D eigenvalue weighted by Gasteiger charge is 2.26. The summed E-state index contributed by atoms with van der Waals surface area (Å²) >= 11 is 0. The third-order valence-electron chi connectivity index (χ3n) is 5.39. The molecule has 1 aromatic heterocycles. The van der Waals surface area contributed by atoms with Gasteiger partial charge < -0.3 is 15.1 Å². The molecule has 1 unspecified atom stereocenters. The zero-order chi connectivity index (χ0) is 19.5. The quantitative estimate of drug-likeness (QED) is 0.757. The number of benzene rings is 1. The number of nitrogens with one attached hydrogen (secondary N) is 2. The molecule has 2 fully saturated rings. The third kappa shape index (κ3) is 4.91. The standard InChI is InChI=1S/C21H28N4O3/c1-15(19-12-16-4-2-3-5-18(16)28-19)22-20(26)13-24-8-10-25(11-9-24)14-21(27)23-17-6-7-17/h2-5,12,15,17H,6-11,13-14H2,1H3,(H,22,26)(H,23,27). The number of furan rings is 1. The Morgan fingerprint density at radius 1 is 1.07 bits per heavy atom. The minimum absolute atomic E-state index is 0.00659. The Morgan fingerprint density at radius 3 is 2.36 bits per heavy atom. The summed E-state index contributed by atoms with van der Waals surface area (Å²) in [5.74, 6) is 0.877. The van der Waals surface area contributed by atoms with Crippen molar-refractivity contribution in [2.24, 2.45) is 0 Å². The first-order chi connectivity index (χ1) is 13.6. The molecule has 2 heterocycles. The van der Waals surface area contributed by atoms with Gasteiger partial charge in [0.05, 0.1) is 19.1 Å². The highest BCUT2D eigenvalue weighted by atomic mass is 16.3. The van der Waals surface area contributed by atoms with Crippen LogP contribution in [0.25, 0.3) is 11.0 Å². The molecule has 1 aliphatic heterocycles. The van der Waals surface area contributed by atoms with E-state index in [4.69, 9.17) is 4.42 Å². The molecule has 2 amide bonds. The fourth-order valence-corrected chi connectivity index (χ4v) is 3.59. The van der Waals surface area contributed by atoms with Crippen molar-refractivity contribution in [3.8, 4) is 0 Å². The van der Waals surface area contributed by atoms with Crippen LogP contribution in [0.2, 0.25) is 0 Å². The van der Waals surface area contributed by atoms with Gasteiger partial charge in [0.2, 0.25) is 11.8 Å². The topological polar surface area (TPSA) is 77.8 Å². The Labute approximate surface area is 165 Å². The molecule has 1 aliphatic carbocycles. The molecule has 4 rings (SSSR count). The number of nitrogens with zero attached hydrogens (tertiary/aromatic N) is 2. The minimum Gasteiger partial charge on any atom is -0.459 e. The molecule has 7 heteroatoms. The molecule has 2 N–H and O–H groups in total. The van der Waals surface area contributed by atoms with Crippen LogP contribution in [0, 0.1) is 0 Å². The third-order valence-corrected chi connectivity index (χ3v) is 5.39. The van der Waals surface area contributed by atoms with E-state index >= 15 is 0 Å². The van der Waals surface area contributed by atoms with Crippen LogP contribution in [-0.2, 0) is 9.59 Å². The molecule has 2 aliphatic rings. The van der Waals surface area contributed by atoms with Crippen LogP contribution in [0.5, 0.6) is 0 Å². The Balaban J connectivity index is 1.20. The first kappa shape index (κ1) is 19.0. The maximum atomic E-state index is 12.4. The van der Waals surface area contributed by atoms with Crippen molar-refractivity contribution < 1.29 is 14.0 Å². The zero-order valence-electron chi connectivity index (χ0n) is 16.3. The van der Waals surface area contributed by atoms with Crippen molar-refractivity contribution in [1.82, 2.24) is 20.4 Å². The summed E-state index contributed by atoms with van der Waals surface area (Å²) in [6.45, 7) is 5.97. The lowest BCUT2D eigenvalue weighted by Gasteiger charge is -2.34. The fraction of sp³-hybridized carbons (Fsp3) is 0.524. The van der Waals surface area contributed by atoms with Gasteiger partial charge in [-0.05, 0) is 31.9 Å². The van der Waals surface area contributed by atoms with Crippen molar-refractivity contribution in [2.75, 3.05) is 39.3 Å². The first-order valence-electron chi connectivity index (χ1n) is 10.1. The van der Waals surface area contributed by atoms with Crippen molar-refractivity contribution in [3.63, 3.8) is 0 Å². The van der Waals surface area contributed by atoms with E-state index in [1.54, 1.807) is 0 Å². The maximum Gasteiger partial charge on any atom is 0.234 e. The Hall–Kier alpha value is -2.38. The summed E-state index contributed by atoms with van der Waals surface area (Å²) in [4.78, 5) is 28.6. The van der Waals surface area contributed by atoms with E-state index in [-0.39, 0.29) is 17.9 Å². The number of amides is 2. The molecule has 0 radical (unpaired) electrons. The second kappa shape index (κ2) is 8.32. The Bertz CT molecular complexity index is 804. The van der Waals surface area contributed by atoms with Gasteiger partial charge in [0.25, 0.3) is 0 Å². The number of carbonyl (C=O) groups excluding carboxylic acids is 2. The number of hydrogen-bond acceptors (Lipinski definition) is 5. The van der Waals surface area contributed by atoms with Crippen LogP contribution in [0.4, 0.5) is 0 Å². The van der Waals surface area contributed by atoms with E-state index < -0.39 is 0 Å².